The number of nitrogens with one attached hydrogen (secondary N) is 1. The van der Waals surface area contributed by atoms with Crippen LogP contribution in [0.4, 0.5) is 5.69 Å². The molecule has 0 unspecified atom stereocenters. The van der Waals surface area contributed by atoms with Crippen molar-refractivity contribution in [2.75, 3.05) is 11.9 Å². The second kappa shape index (κ2) is 9.06. The normalized spacial score (nSPS) is 10.2. The second-order valence-electron chi connectivity index (χ2n) is 5.57. The molecular weight excluding hydrogens is 394 g/mol. The summed E-state index contributed by atoms with van der Waals surface area (Å²) in [6.07, 6.45) is 0. The number of carbonyl (C=O) groups is 1. The Morgan fingerprint density at radius 1 is 0.846 bits per heavy atom. The van der Waals surface area contributed by atoms with Crippen molar-refractivity contribution in [2.24, 2.45) is 0 Å². The van der Waals surface area contributed by atoms with Gasteiger partial charge in [0, 0.05) is 5.69 Å². The van der Waals surface area contributed by atoms with E-state index in [4.69, 9.17) is 9.47 Å². The fraction of sp³-hybridized carbons (Fsp3) is 0.0952. The minimum absolute atomic E-state index is 0.0606. The van der Waals surface area contributed by atoms with Crippen LogP contribution in [-0.4, -0.2) is 12.5 Å². The van der Waals surface area contributed by atoms with E-state index in [0.29, 0.717) is 18.0 Å². The fourth-order valence-corrected chi connectivity index (χ4v) is 2.68. The Morgan fingerprint density at radius 2 is 1.54 bits per heavy atom. The number of halogens is 1. The molecule has 0 heterocycles. The van der Waals surface area contributed by atoms with E-state index in [1.165, 1.54) is 0 Å². The summed E-state index contributed by atoms with van der Waals surface area (Å²) < 4.78 is 12.0. The van der Waals surface area contributed by atoms with Crippen molar-refractivity contribution in [3.8, 4) is 11.5 Å². The predicted molar refractivity (Wildman–Crippen MR) is 105 cm³/mol. The van der Waals surface area contributed by atoms with Crippen LogP contribution < -0.4 is 14.8 Å². The summed E-state index contributed by atoms with van der Waals surface area (Å²) in [5.74, 6) is 1.15. The number of benzene rings is 3. The van der Waals surface area contributed by atoms with Gasteiger partial charge in [0.1, 0.15) is 18.1 Å². The Morgan fingerprint density at radius 3 is 2.27 bits per heavy atom. The van der Waals surface area contributed by atoms with Crippen LogP contribution in [0.5, 0.6) is 11.5 Å². The molecule has 0 aromatic heterocycles. The third kappa shape index (κ3) is 5.36. The molecule has 0 atom stereocenters. The lowest BCUT2D eigenvalue weighted by molar-refractivity contribution is -0.118. The molecule has 0 radical (unpaired) electrons. The summed E-state index contributed by atoms with van der Waals surface area (Å²) in [5, 5.41) is 2.80. The van der Waals surface area contributed by atoms with Gasteiger partial charge in [0.25, 0.3) is 5.91 Å². The van der Waals surface area contributed by atoms with E-state index in [0.717, 1.165) is 15.8 Å². The molecule has 0 fully saturated rings. The van der Waals surface area contributed by atoms with Crippen LogP contribution in [0.25, 0.3) is 0 Å². The van der Waals surface area contributed by atoms with Crippen LogP contribution in [0, 0.1) is 0 Å². The quantitative estimate of drug-likeness (QED) is 0.591. The smallest absolute Gasteiger partial charge is 0.262 e. The van der Waals surface area contributed by atoms with Crippen LogP contribution in [0.3, 0.4) is 0 Å². The molecule has 3 aromatic carbocycles. The Balaban J connectivity index is 1.47. The molecule has 0 aliphatic carbocycles. The van der Waals surface area contributed by atoms with Crippen molar-refractivity contribution in [1.82, 2.24) is 0 Å². The maximum Gasteiger partial charge on any atom is 0.262 e. The van der Waals surface area contributed by atoms with Gasteiger partial charge in [-0.15, -0.1) is 0 Å². The van der Waals surface area contributed by atoms with E-state index >= 15 is 0 Å². The molecule has 0 bridgehead atoms. The Kier molecular flexibility index (Phi) is 6.28. The highest BCUT2D eigenvalue weighted by atomic mass is 79.9. The summed E-state index contributed by atoms with van der Waals surface area (Å²) in [6, 6.07) is 24.6. The lowest BCUT2D eigenvalue weighted by Crippen LogP contribution is -2.20. The zero-order chi connectivity index (χ0) is 18.2. The van der Waals surface area contributed by atoms with Crippen molar-refractivity contribution in [3.63, 3.8) is 0 Å². The summed E-state index contributed by atoms with van der Waals surface area (Å²) in [4.78, 5) is 12.0. The molecule has 3 rings (SSSR count). The molecule has 1 amide bonds. The van der Waals surface area contributed by atoms with E-state index < -0.39 is 0 Å². The first-order chi connectivity index (χ1) is 12.7. The van der Waals surface area contributed by atoms with Crippen molar-refractivity contribution in [2.45, 2.75) is 6.61 Å². The molecule has 4 nitrogen and oxygen atoms in total. The first kappa shape index (κ1) is 18.0. The number of para-hydroxylation sites is 1. The van der Waals surface area contributed by atoms with E-state index in [2.05, 4.69) is 21.2 Å². The Labute approximate surface area is 160 Å². The summed E-state index contributed by atoms with van der Waals surface area (Å²) >= 11 is 3.38. The number of ether oxygens (including phenoxy) is 2. The van der Waals surface area contributed by atoms with Gasteiger partial charge in [-0.25, -0.2) is 0 Å². The van der Waals surface area contributed by atoms with Crippen LogP contribution in [0.1, 0.15) is 5.56 Å². The largest absolute Gasteiger partial charge is 0.489 e. The maximum absolute atomic E-state index is 12.0. The summed E-state index contributed by atoms with van der Waals surface area (Å²) in [7, 11) is 0. The van der Waals surface area contributed by atoms with Crippen molar-refractivity contribution >= 4 is 27.5 Å². The SMILES string of the molecule is O=C(COc1ccccc1Br)Nc1ccc(OCc2ccccc2)cc1. The number of hydrogen-bond acceptors (Lipinski definition) is 3. The monoisotopic (exact) mass is 411 g/mol. The third-order valence-corrected chi connectivity index (χ3v) is 4.24. The van der Waals surface area contributed by atoms with Crippen molar-refractivity contribution in [1.29, 1.82) is 0 Å². The van der Waals surface area contributed by atoms with E-state index in [9.17, 15) is 4.79 Å². The number of rotatable bonds is 7. The molecule has 132 valence electrons. The van der Waals surface area contributed by atoms with Crippen molar-refractivity contribution < 1.29 is 14.3 Å². The molecule has 0 aliphatic heterocycles. The third-order valence-electron chi connectivity index (χ3n) is 3.58. The standard InChI is InChI=1S/C21H18BrNO3/c22-19-8-4-5-9-20(19)26-15-21(24)23-17-10-12-18(13-11-17)25-14-16-6-2-1-3-7-16/h1-13H,14-15H2,(H,23,24). The van der Waals surface area contributed by atoms with Crippen LogP contribution >= 0.6 is 15.9 Å². The topological polar surface area (TPSA) is 47.6 Å². The molecule has 0 spiro atoms. The van der Waals surface area contributed by atoms with Gasteiger partial charge in [-0.2, -0.15) is 0 Å². The number of carbonyl (C=O) groups excluding carboxylic acids is 1. The van der Waals surface area contributed by atoms with Crippen LogP contribution in [0.2, 0.25) is 0 Å². The summed E-state index contributed by atoms with van der Waals surface area (Å²) in [5.41, 5.74) is 1.80. The van der Waals surface area contributed by atoms with Gasteiger partial charge in [0.15, 0.2) is 6.61 Å². The average molecular weight is 412 g/mol. The lowest BCUT2D eigenvalue weighted by atomic mass is 10.2. The minimum Gasteiger partial charge on any atom is -0.489 e. The first-order valence-corrected chi connectivity index (χ1v) is 8.94. The maximum atomic E-state index is 12.0. The van der Waals surface area contributed by atoms with Gasteiger partial charge in [-0.3, -0.25) is 4.79 Å². The molecule has 1 N–H and O–H groups in total. The Hall–Kier alpha value is -2.79. The molecule has 0 saturated heterocycles. The number of hydrogen-bond donors (Lipinski definition) is 1. The zero-order valence-corrected chi connectivity index (χ0v) is 15.6. The van der Waals surface area contributed by atoms with E-state index in [-0.39, 0.29) is 12.5 Å². The van der Waals surface area contributed by atoms with Gasteiger partial charge >= 0.3 is 0 Å². The van der Waals surface area contributed by atoms with Gasteiger partial charge in [-0.1, -0.05) is 42.5 Å². The van der Waals surface area contributed by atoms with E-state index in [1.54, 1.807) is 18.2 Å². The highest BCUT2D eigenvalue weighted by molar-refractivity contribution is 9.10. The lowest BCUT2D eigenvalue weighted by Gasteiger charge is -2.10. The zero-order valence-electron chi connectivity index (χ0n) is 14.0. The summed E-state index contributed by atoms with van der Waals surface area (Å²) in [6.45, 7) is 0.446. The molecule has 3 aromatic rings. The molecule has 0 saturated carbocycles. The molecule has 5 heteroatoms. The molecular formula is C21H18BrNO3. The highest BCUT2D eigenvalue weighted by Gasteiger charge is 2.06. The Bertz CT molecular complexity index is 851. The number of anilines is 1. The van der Waals surface area contributed by atoms with Crippen LogP contribution in [-0.2, 0) is 11.4 Å². The van der Waals surface area contributed by atoms with Crippen molar-refractivity contribution in [3.05, 3.63) is 88.9 Å². The second-order valence-corrected chi connectivity index (χ2v) is 6.42. The van der Waals surface area contributed by atoms with Gasteiger partial charge in [0.05, 0.1) is 4.47 Å². The highest BCUT2D eigenvalue weighted by Crippen LogP contribution is 2.23. The first-order valence-electron chi connectivity index (χ1n) is 8.15. The number of amides is 1. The molecule has 26 heavy (non-hydrogen) atoms. The average Bonchev–Trinajstić information content (AvgIpc) is 2.68. The predicted octanol–water partition coefficient (Wildman–Crippen LogP) is 5.05. The van der Waals surface area contributed by atoms with Crippen LogP contribution in [0.15, 0.2) is 83.3 Å². The van der Waals surface area contributed by atoms with Gasteiger partial charge in [-0.05, 0) is 57.9 Å². The minimum atomic E-state index is -0.223. The van der Waals surface area contributed by atoms with E-state index in [1.807, 2.05) is 60.7 Å². The molecule has 0 aliphatic rings. The van der Waals surface area contributed by atoms with Gasteiger partial charge < -0.3 is 14.8 Å². The van der Waals surface area contributed by atoms with Gasteiger partial charge in [0.2, 0.25) is 0 Å². The fourth-order valence-electron chi connectivity index (χ4n) is 2.28.